The molecule has 5 nitrogen and oxygen atoms in total. The van der Waals surface area contributed by atoms with Gasteiger partial charge >= 0.3 is 12.1 Å². The molecule has 2 aromatic carbocycles. The molecule has 0 saturated heterocycles. The van der Waals surface area contributed by atoms with Crippen LogP contribution in [0, 0.1) is 0 Å². The molecule has 0 saturated carbocycles. The van der Waals surface area contributed by atoms with Gasteiger partial charge in [0.1, 0.15) is 11.8 Å². The highest BCUT2D eigenvalue weighted by molar-refractivity contribution is 5.85. The van der Waals surface area contributed by atoms with Gasteiger partial charge in [0, 0.05) is 6.42 Å². The minimum atomic E-state index is -4.46. The topological polar surface area (TPSA) is 75.6 Å². The van der Waals surface area contributed by atoms with E-state index in [0.717, 1.165) is 5.56 Å². The highest BCUT2D eigenvalue weighted by atomic mass is 19.4. The highest BCUT2D eigenvalue weighted by Crippen LogP contribution is 2.19. The lowest BCUT2D eigenvalue weighted by molar-refractivity contribution is -0.153. The van der Waals surface area contributed by atoms with Crippen molar-refractivity contribution in [2.45, 2.75) is 25.1 Å². The summed E-state index contributed by atoms with van der Waals surface area (Å²) in [5, 5.41) is 11.7. The molecule has 0 aliphatic heterocycles. The molecule has 0 spiro atoms. The molecule has 0 unspecified atom stereocenters. The van der Waals surface area contributed by atoms with Crippen LogP contribution >= 0.6 is 0 Å². The van der Waals surface area contributed by atoms with Crippen LogP contribution in [-0.2, 0) is 22.4 Å². The van der Waals surface area contributed by atoms with Crippen molar-refractivity contribution in [1.82, 2.24) is 5.32 Å². The number of amides is 1. The van der Waals surface area contributed by atoms with Gasteiger partial charge in [0.25, 0.3) is 0 Å². The van der Waals surface area contributed by atoms with Gasteiger partial charge in [-0.1, -0.05) is 42.5 Å². The van der Waals surface area contributed by atoms with E-state index in [9.17, 15) is 27.9 Å². The Kier molecular flexibility index (Phi) is 6.81. The van der Waals surface area contributed by atoms with Gasteiger partial charge in [0.05, 0.1) is 6.42 Å². The van der Waals surface area contributed by atoms with Crippen molar-refractivity contribution in [3.05, 3.63) is 65.7 Å². The van der Waals surface area contributed by atoms with Crippen LogP contribution in [0.25, 0.3) is 0 Å². The monoisotopic (exact) mass is 381 g/mol. The number of carboxylic acid groups (broad SMARTS) is 1. The third-order valence-electron chi connectivity index (χ3n) is 3.58. The molecule has 0 aliphatic carbocycles. The average molecular weight is 381 g/mol. The highest BCUT2D eigenvalue weighted by Gasteiger charge is 2.28. The van der Waals surface area contributed by atoms with Crippen molar-refractivity contribution in [3.63, 3.8) is 0 Å². The summed E-state index contributed by atoms with van der Waals surface area (Å²) < 4.78 is 41.3. The first-order valence-electron chi connectivity index (χ1n) is 8.07. The summed E-state index contributed by atoms with van der Waals surface area (Å²) in [4.78, 5) is 23.5. The van der Waals surface area contributed by atoms with E-state index in [-0.39, 0.29) is 18.6 Å². The molecule has 0 fully saturated rings. The van der Waals surface area contributed by atoms with Crippen LogP contribution in [0.2, 0.25) is 0 Å². The fourth-order valence-corrected chi connectivity index (χ4v) is 2.39. The number of hydrogen-bond donors (Lipinski definition) is 2. The maximum absolute atomic E-state index is 12.2. The minimum absolute atomic E-state index is 0.0169. The van der Waals surface area contributed by atoms with Crippen LogP contribution in [0.4, 0.5) is 13.2 Å². The van der Waals surface area contributed by atoms with Gasteiger partial charge in [-0.3, -0.25) is 4.79 Å². The summed E-state index contributed by atoms with van der Waals surface area (Å²) in [6.45, 7) is -1.43. The molecule has 27 heavy (non-hydrogen) atoms. The number of carbonyl (C=O) groups excluding carboxylic acids is 1. The first-order valence-corrected chi connectivity index (χ1v) is 8.07. The number of halogens is 3. The van der Waals surface area contributed by atoms with Crippen LogP contribution < -0.4 is 10.1 Å². The molecule has 0 bridgehead atoms. The van der Waals surface area contributed by atoms with Gasteiger partial charge in [-0.2, -0.15) is 13.2 Å². The number of aliphatic carboxylic acids is 1. The zero-order chi connectivity index (χ0) is 19.9. The van der Waals surface area contributed by atoms with Crippen molar-refractivity contribution in [3.8, 4) is 5.75 Å². The third kappa shape index (κ3) is 7.39. The molecule has 0 aromatic heterocycles. The van der Waals surface area contributed by atoms with Crippen LogP contribution in [0.15, 0.2) is 54.6 Å². The van der Waals surface area contributed by atoms with Gasteiger partial charge in [-0.25, -0.2) is 4.79 Å². The largest absolute Gasteiger partial charge is 0.484 e. The Balaban J connectivity index is 1.96. The molecule has 1 atom stereocenters. The number of carbonyl (C=O) groups is 2. The van der Waals surface area contributed by atoms with Crippen molar-refractivity contribution >= 4 is 11.9 Å². The summed E-state index contributed by atoms with van der Waals surface area (Å²) in [5.74, 6) is -1.74. The van der Waals surface area contributed by atoms with Gasteiger partial charge in [0.2, 0.25) is 5.91 Å². The van der Waals surface area contributed by atoms with Gasteiger partial charge in [-0.05, 0) is 23.3 Å². The van der Waals surface area contributed by atoms with Gasteiger partial charge < -0.3 is 15.2 Å². The molecule has 2 N–H and O–H groups in total. The van der Waals surface area contributed by atoms with Gasteiger partial charge in [-0.15, -0.1) is 0 Å². The number of ether oxygens (including phenoxy) is 1. The lowest BCUT2D eigenvalue weighted by atomic mass is 10.1. The van der Waals surface area contributed by atoms with E-state index in [1.165, 1.54) is 18.2 Å². The van der Waals surface area contributed by atoms with Crippen LogP contribution in [0.1, 0.15) is 11.1 Å². The number of nitrogens with one attached hydrogen (secondary N) is 1. The Morgan fingerprint density at radius 2 is 1.70 bits per heavy atom. The van der Waals surface area contributed by atoms with Crippen molar-refractivity contribution in [2.75, 3.05) is 6.61 Å². The molecule has 144 valence electrons. The molecule has 1 amide bonds. The number of carboxylic acids is 1. The summed E-state index contributed by atoms with van der Waals surface area (Å²) in [7, 11) is 0. The molecule has 8 heteroatoms. The molecular formula is C19H18F3NO4. The van der Waals surface area contributed by atoms with Crippen molar-refractivity contribution < 1.29 is 32.6 Å². The Hall–Kier alpha value is -3.03. The Labute approximate surface area is 153 Å². The van der Waals surface area contributed by atoms with E-state index < -0.39 is 30.7 Å². The number of hydrogen-bond acceptors (Lipinski definition) is 3. The second-order valence-corrected chi connectivity index (χ2v) is 5.88. The standard InChI is InChI=1S/C19H18F3NO4/c20-19(21,22)12-27-15-8-4-7-14(9-15)11-17(24)23-16(18(25)26)10-13-5-2-1-3-6-13/h1-9,16H,10-12H2,(H,23,24)(H,25,26)/t16-/m0/s1. The van der Waals surface area contributed by atoms with Crippen LogP contribution in [0.5, 0.6) is 5.75 Å². The first kappa shape index (κ1) is 20.3. The van der Waals surface area contributed by atoms with Gasteiger partial charge in [0.15, 0.2) is 6.61 Å². The fraction of sp³-hybridized carbons (Fsp3) is 0.263. The fourth-order valence-electron chi connectivity index (χ4n) is 2.39. The summed E-state index contributed by atoms with van der Waals surface area (Å²) in [5.41, 5.74) is 1.17. The summed E-state index contributed by atoms with van der Waals surface area (Å²) in [6.07, 6.45) is -4.52. The number of alkyl halides is 3. The molecule has 0 heterocycles. The van der Waals surface area contributed by atoms with Crippen molar-refractivity contribution in [2.24, 2.45) is 0 Å². The Bertz CT molecular complexity index is 778. The van der Waals surface area contributed by atoms with Crippen LogP contribution in [-0.4, -0.2) is 35.8 Å². The predicted molar refractivity (Wildman–Crippen MR) is 91.4 cm³/mol. The maximum atomic E-state index is 12.2. The maximum Gasteiger partial charge on any atom is 0.422 e. The third-order valence-corrected chi connectivity index (χ3v) is 3.58. The average Bonchev–Trinajstić information content (AvgIpc) is 2.60. The molecular weight excluding hydrogens is 363 g/mol. The summed E-state index contributed by atoms with van der Waals surface area (Å²) >= 11 is 0. The summed E-state index contributed by atoms with van der Waals surface area (Å²) in [6, 6.07) is 13.4. The molecule has 0 radical (unpaired) electrons. The Morgan fingerprint density at radius 1 is 1.04 bits per heavy atom. The van der Waals surface area contributed by atoms with E-state index in [4.69, 9.17) is 0 Å². The second-order valence-electron chi connectivity index (χ2n) is 5.88. The molecule has 2 rings (SSSR count). The lowest BCUT2D eigenvalue weighted by Crippen LogP contribution is -2.43. The zero-order valence-corrected chi connectivity index (χ0v) is 14.2. The van der Waals surface area contributed by atoms with E-state index in [1.54, 1.807) is 36.4 Å². The second kappa shape index (κ2) is 9.07. The molecule has 0 aliphatic rings. The lowest BCUT2D eigenvalue weighted by Gasteiger charge is -2.15. The van der Waals surface area contributed by atoms with E-state index in [2.05, 4.69) is 10.1 Å². The normalized spacial score (nSPS) is 12.3. The SMILES string of the molecule is O=C(Cc1cccc(OCC(F)(F)F)c1)N[C@@H](Cc1ccccc1)C(=O)O. The predicted octanol–water partition coefficient (Wildman–Crippen LogP) is 2.98. The number of rotatable bonds is 8. The van der Waals surface area contributed by atoms with Crippen LogP contribution in [0.3, 0.4) is 0 Å². The zero-order valence-electron chi connectivity index (χ0n) is 14.2. The molecule has 2 aromatic rings. The number of benzene rings is 2. The smallest absolute Gasteiger partial charge is 0.422 e. The van der Waals surface area contributed by atoms with E-state index >= 15 is 0 Å². The quantitative estimate of drug-likeness (QED) is 0.737. The Morgan fingerprint density at radius 3 is 2.33 bits per heavy atom. The minimum Gasteiger partial charge on any atom is -0.484 e. The first-order chi connectivity index (χ1) is 12.7. The van der Waals surface area contributed by atoms with E-state index in [0.29, 0.717) is 5.56 Å². The van der Waals surface area contributed by atoms with Crippen molar-refractivity contribution in [1.29, 1.82) is 0 Å². The van der Waals surface area contributed by atoms with E-state index in [1.807, 2.05) is 0 Å².